The van der Waals surface area contributed by atoms with Crippen molar-refractivity contribution in [3.05, 3.63) is 0 Å². The van der Waals surface area contributed by atoms with Gasteiger partial charge in [-0.2, -0.15) is 0 Å². The molecule has 0 aromatic rings. The van der Waals surface area contributed by atoms with Gasteiger partial charge >= 0.3 is 14.8 Å². The van der Waals surface area contributed by atoms with E-state index >= 15 is 0 Å². The third-order valence-corrected chi connectivity index (χ3v) is 4.96. The molecule has 0 bridgehead atoms. The zero-order valence-electron chi connectivity index (χ0n) is 13.2. The highest BCUT2D eigenvalue weighted by Crippen LogP contribution is 2.17. The van der Waals surface area contributed by atoms with Gasteiger partial charge in [0.15, 0.2) is 0 Å². The Morgan fingerprint density at radius 2 is 1.75 bits per heavy atom. The molecule has 6 nitrogen and oxygen atoms in total. The molecule has 120 valence electrons. The van der Waals surface area contributed by atoms with Crippen LogP contribution in [0.3, 0.4) is 0 Å². The molecular weight excluding hydrogens is 276 g/mol. The van der Waals surface area contributed by atoms with Crippen LogP contribution in [0.4, 0.5) is 4.79 Å². The van der Waals surface area contributed by atoms with Gasteiger partial charge in [0.05, 0.1) is 6.10 Å². The number of hydrogen-bond donors (Lipinski definition) is 2. The first-order valence-electron chi connectivity index (χ1n) is 7.46. The molecule has 0 spiro atoms. The second-order valence-corrected chi connectivity index (χ2v) is 7.32. The summed E-state index contributed by atoms with van der Waals surface area (Å²) < 4.78 is 17.7. The van der Waals surface area contributed by atoms with E-state index in [4.69, 9.17) is 19.0 Å². The SMILES string of the molecule is CCCO[Si](C)(OCCC)OC(CC)CCNC(N)=O. The molecule has 0 aliphatic carbocycles. The predicted octanol–water partition coefficient (Wildman–Crippen LogP) is 2.26. The summed E-state index contributed by atoms with van der Waals surface area (Å²) in [7, 11) is -2.60. The van der Waals surface area contributed by atoms with Gasteiger partial charge in [-0.1, -0.05) is 20.8 Å². The van der Waals surface area contributed by atoms with Crippen molar-refractivity contribution in [3.63, 3.8) is 0 Å². The van der Waals surface area contributed by atoms with Crippen LogP contribution < -0.4 is 11.1 Å². The molecule has 2 amide bonds. The minimum absolute atomic E-state index is 0.00669. The first-order valence-corrected chi connectivity index (χ1v) is 9.68. The molecule has 7 heteroatoms. The van der Waals surface area contributed by atoms with Crippen LogP contribution >= 0.6 is 0 Å². The van der Waals surface area contributed by atoms with Crippen molar-refractivity contribution in [3.8, 4) is 0 Å². The summed E-state index contributed by atoms with van der Waals surface area (Å²) >= 11 is 0. The number of primary amides is 1. The quantitative estimate of drug-likeness (QED) is 0.542. The number of urea groups is 1. The van der Waals surface area contributed by atoms with Crippen LogP contribution in [0.2, 0.25) is 6.55 Å². The molecule has 0 saturated carbocycles. The molecule has 0 heterocycles. The first-order chi connectivity index (χ1) is 9.47. The van der Waals surface area contributed by atoms with E-state index in [1.54, 1.807) is 0 Å². The van der Waals surface area contributed by atoms with Gasteiger partial charge in [0.2, 0.25) is 0 Å². The van der Waals surface area contributed by atoms with Gasteiger partial charge in [-0.15, -0.1) is 0 Å². The first kappa shape index (κ1) is 19.4. The standard InChI is InChI=1S/C13H30N2O4Si/c1-5-10-17-20(4,18-11-6-2)19-12(7-3)8-9-15-13(14)16/h12H,5-11H2,1-4H3,(H3,14,15,16). The lowest BCUT2D eigenvalue weighted by Crippen LogP contribution is -2.46. The van der Waals surface area contributed by atoms with Crippen LogP contribution in [0.1, 0.15) is 46.5 Å². The average Bonchev–Trinajstić information content (AvgIpc) is 2.41. The molecule has 1 unspecified atom stereocenters. The van der Waals surface area contributed by atoms with Gasteiger partial charge in [0.1, 0.15) is 0 Å². The number of carbonyl (C=O) groups excluding carboxylic acids is 1. The molecule has 0 aromatic heterocycles. The molecule has 1 atom stereocenters. The summed E-state index contributed by atoms with van der Waals surface area (Å²) in [6, 6.07) is -0.510. The fourth-order valence-electron chi connectivity index (χ4n) is 1.69. The third-order valence-electron chi connectivity index (χ3n) is 2.74. The lowest BCUT2D eigenvalue weighted by Gasteiger charge is -2.30. The second kappa shape index (κ2) is 11.1. The Balaban J connectivity index is 4.36. The summed E-state index contributed by atoms with van der Waals surface area (Å²) in [6.07, 6.45) is 3.41. The highest BCUT2D eigenvalue weighted by Gasteiger charge is 2.37. The topological polar surface area (TPSA) is 82.8 Å². The van der Waals surface area contributed by atoms with Gasteiger partial charge in [-0.25, -0.2) is 4.79 Å². The van der Waals surface area contributed by atoms with E-state index in [0.29, 0.717) is 26.2 Å². The molecule has 0 aromatic carbocycles. The van der Waals surface area contributed by atoms with Crippen LogP contribution in [0, 0.1) is 0 Å². The van der Waals surface area contributed by atoms with E-state index in [2.05, 4.69) is 19.2 Å². The Hall–Kier alpha value is -0.633. The molecule has 20 heavy (non-hydrogen) atoms. The summed E-state index contributed by atoms with van der Waals surface area (Å²) in [5.41, 5.74) is 5.05. The number of nitrogens with two attached hydrogens (primary N) is 1. The van der Waals surface area contributed by atoms with E-state index < -0.39 is 14.8 Å². The van der Waals surface area contributed by atoms with Crippen LogP contribution in [0.5, 0.6) is 0 Å². The lowest BCUT2D eigenvalue weighted by atomic mass is 10.2. The molecule has 3 N–H and O–H groups in total. The number of nitrogens with one attached hydrogen (secondary N) is 1. The van der Waals surface area contributed by atoms with Crippen LogP contribution in [-0.4, -0.2) is 40.7 Å². The summed E-state index contributed by atoms with van der Waals surface area (Å²) in [4.78, 5) is 10.7. The van der Waals surface area contributed by atoms with Crippen molar-refractivity contribution in [1.82, 2.24) is 5.32 Å². The van der Waals surface area contributed by atoms with Crippen molar-refractivity contribution in [2.24, 2.45) is 5.73 Å². The summed E-state index contributed by atoms with van der Waals surface area (Å²) in [5.74, 6) is 0. The van der Waals surface area contributed by atoms with Crippen LogP contribution in [-0.2, 0) is 13.3 Å². The van der Waals surface area contributed by atoms with E-state index in [0.717, 1.165) is 19.3 Å². The molecule has 0 radical (unpaired) electrons. The smallest absolute Gasteiger partial charge is 0.374 e. The zero-order valence-corrected chi connectivity index (χ0v) is 14.2. The Morgan fingerprint density at radius 1 is 1.20 bits per heavy atom. The van der Waals surface area contributed by atoms with E-state index in [9.17, 15) is 4.79 Å². The second-order valence-electron chi connectivity index (χ2n) is 4.79. The van der Waals surface area contributed by atoms with E-state index in [1.165, 1.54) is 0 Å². The highest BCUT2D eigenvalue weighted by molar-refractivity contribution is 6.59. The Morgan fingerprint density at radius 3 is 2.15 bits per heavy atom. The predicted molar refractivity (Wildman–Crippen MR) is 81.5 cm³/mol. The normalized spacial score (nSPS) is 13.2. The molecule has 0 fully saturated rings. The maximum Gasteiger partial charge on any atom is 0.497 e. The van der Waals surface area contributed by atoms with Gasteiger partial charge in [-0.3, -0.25) is 0 Å². The Bertz CT molecular complexity index is 259. The third kappa shape index (κ3) is 9.30. The van der Waals surface area contributed by atoms with Crippen molar-refractivity contribution < 1.29 is 18.1 Å². The Kier molecular flexibility index (Phi) is 10.7. The Labute approximate surface area is 123 Å². The van der Waals surface area contributed by atoms with Crippen molar-refractivity contribution in [2.45, 2.75) is 59.1 Å². The van der Waals surface area contributed by atoms with Gasteiger partial charge in [0, 0.05) is 26.3 Å². The number of rotatable bonds is 12. The molecule has 0 saturated heterocycles. The maximum absolute atomic E-state index is 10.7. The minimum atomic E-state index is -2.60. The summed E-state index contributed by atoms with van der Waals surface area (Å²) in [6.45, 7) is 9.88. The molecule has 0 rings (SSSR count). The average molecular weight is 306 g/mol. The van der Waals surface area contributed by atoms with Crippen molar-refractivity contribution in [1.29, 1.82) is 0 Å². The van der Waals surface area contributed by atoms with Crippen molar-refractivity contribution in [2.75, 3.05) is 19.8 Å². The van der Waals surface area contributed by atoms with E-state index in [-0.39, 0.29) is 6.10 Å². The maximum atomic E-state index is 10.7. The minimum Gasteiger partial charge on any atom is -0.374 e. The van der Waals surface area contributed by atoms with E-state index in [1.807, 2.05) is 13.5 Å². The largest absolute Gasteiger partial charge is 0.497 e. The van der Waals surface area contributed by atoms with Gasteiger partial charge < -0.3 is 24.3 Å². The molecule has 0 aliphatic rings. The number of carbonyl (C=O) groups is 1. The van der Waals surface area contributed by atoms with Crippen LogP contribution in [0.25, 0.3) is 0 Å². The summed E-state index contributed by atoms with van der Waals surface area (Å²) in [5, 5.41) is 2.58. The zero-order chi connectivity index (χ0) is 15.4. The van der Waals surface area contributed by atoms with Crippen molar-refractivity contribution >= 4 is 14.8 Å². The van der Waals surface area contributed by atoms with Gasteiger partial charge in [-0.05, 0) is 25.7 Å². The van der Waals surface area contributed by atoms with Crippen LogP contribution in [0.15, 0.2) is 0 Å². The fraction of sp³-hybridized carbons (Fsp3) is 0.923. The number of hydrogen-bond acceptors (Lipinski definition) is 4. The number of amides is 2. The fourth-order valence-corrected chi connectivity index (χ4v) is 3.95. The monoisotopic (exact) mass is 306 g/mol. The molecule has 0 aliphatic heterocycles. The lowest BCUT2D eigenvalue weighted by molar-refractivity contribution is 0.0283. The van der Waals surface area contributed by atoms with Gasteiger partial charge in [0.25, 0.3) is 0 Å². The molecular formula is C13H30N2O4Si. The highest BCUT2D eigenvalue weighted by atomic mass is 28.4.